The summed E-state index contributed by atoms with van der Waals surface area (Å²) < 4.78 is 2.32. The van der Waals surface area contributed by atoms with Crippen LogP contribution >= 0.6 is 12.2 Å². The summed E-state index contributed by atoms with van der Waals surface area (Å²) in [6.45, 7) is 2.57. The van der Waals surface area contributed by atoms with Crippen molar-refractivity contribution in [2.75, 3.05) is 5.43 Å². The van der Waals surface area contributed by atoms with E-state index >= 15 is 0 Å². The lowest BCUT2D eigenvalue weighted by Gasteiger charge is -2.07. The zero-order valence-corrected chi connectivity index (χ0v) is 9.08. The molecule has 5 nitrogen and oxygen atoms in total. The molecule has 0 bridgehead atoms. The number of nitrogens with zero attached hydrogens (tertiary/aromatic N) is 3. The van der Waals surface area contributed by atoms with Gasteiger partial charge >= 0.3 is 0 Å². The van der Waals surface area contributed by atoms with Crippen molar-refractivity contribution in [1.29, 1.82) is 0 Å². The fourth-order valence-corrected chi connectivity index (χ4v) is 1.48. The van der Waals surface area contributed by atoms with Gasteiger partial charge in [-0.15, -0.1) is 0 Å². The number of aryl methyl sites for hydroxylation is 1. The average Bonchev–Trinajstić information content (AvgIpc) is 2.58. The molecule has 0 amide bonds. The molecule has 0 aliphatic carbocycles. The lowest BCUT2D eigenvalue weighted by Crippen LogP contribution is -2.15. The van der Waals surface area contributed by atoms with Crippen LogP contribution in [0, 0.1) is 11.7 Å². The van der Waals surface area contributed by atoms with Gasteiger partial charge in [-0.05, 0) is 36.8 Å². The lowest BCUT2D eigenvalue weighted by atomic mass is 10.3. The Morgan fingerprint density at radius 2 is 2.20 bits per heavy atom. The van der Waals surface area contributed by atoms with Gasteiger partial charge in [-0.25, -0.2) is 4.68 Å². The van der Waals surface area contributed by atoms with Gasteiger partial charge in [0, 0.05) is 12.4 Å². The van der Waals surface area contributed by atoms with Gasteiger partial charge in [0.15, 0.2) is 0 Å². The first-order chi connectivity index (χ1) is 7.27. The molecule has 2 aromatic heterocycles. The van der Waals surface area contributed by atoms with E-state index in [0.717, 1.165) is 11.4 Å². The molecule has 0 fully saturated rings. The second-order valence-corrected chi connectivity index (χ2v) is 3.49. The number of pyridine rings is 1. The van der Waals surface area contributed by atoms with Crippen LogP contribution in [0.5, 0.6) is 0 Å². The Hall–Kier alpha value is -1.69. The predicted molar refractivity (Wildman–Crippen MR) is 59.5 cm³/mol. The summed E-state index contributed by atoms with van der Waals surface area (Å²) in [5.74, 6) is 0.814. The van der Waals surface area contributed by atoms with Crippen molar-refractivity contribution in [3.05, 3.63) is 40.7 Å². The summed E-state index contributed by atoms with van der Waals surface area (Å²) in [6, 6.07) is 3.90. The van der Waals surface area contributed by atoms with Crippen molar-refractivity contribution in [2.24, 2.45) is 0 Å². The molecule has 0 aromatic carbocycles. The molecule has 0 aliphatic rings. The minimum atomic E-state index is 0.571. The number of H-pyrrole nitrogens is 1. The molecule has 0 aliphatic heterocycles. The summed E-state index contributed by atoms with van der Waals surface area (Å²) in [5, 5.41) is 6.71. The van der Waals surface area contributed by atoms with Crippen molar-refractivity contribution >= 4 is 12.2 Å². The molecule has 0 saturated heterocycles. The lowest BCUT2D eigenvalue weighted by molar-refractivity contribution is 0.793. The topological polar surface area (TPSA) is 58.5 Å². The largest absolute Gasteiger partial charge is 0.318 e. The monoisotopic (exact) mass is 221 g/mol. The van der Waals surface area contributed by atoms with Crippen molar-refractivity contribution in [1.82, 2.24) is 19.9 Å². The summed E-state index contributed by atoms with van der Waals surface area (Å²) in [6.07, 6.45) is 3.52. The molecule has 0 radical (unpaired) electrons. The van der Waals surface area contributed by atoms with E-state index in [1.165, 1.54) is 0 Å². The molecule has 78 valence electrons. The molecule has 2 N–H and O–H groups in total. The number of rotatable bonds is 3. The SMILES string of the molecule is Cc1n[nH]c(=S)n1NCc1ccncc1. The highest BCUT2D eigenvalue weighted by Crippen LogP contribution is 1.98. The van der Waals surface area contributed by atoms with Crippen molar-refractivity contribution < 1.29 is 0 Å². The Bertz CT molecular complexity index is 487. The molecule has 2 aromatic rings. The van der Waals surface area contributed by atoms with Crippen LogP contribution < -0.4 is 5.43 Å². The number of aromatic nitrogens is 4. The van der Waals surface area contributed by atoms with Crippen LogP contribution in [-0.2, 0) is 6.54 Å². The molecular weight excluding hydrogens is 210 g/mol. The van der Waals surface area contributed by atoms with Crippen molar-refractivity contribution in [2.45, 2.75) is 13.5 Å². The number of nitrogens with one attached hydrogen (secondary N) is 2. The van der Waals surface area contributed by atoms with Crippen LogP contribution in [0.3, 0.4) is 0 Å². The van der Waals surface area contributed by atoms with Crippen molar-refractivity contribution in [3.63, 3.8) is 0 Å². The van der Waals surface area contributed by atoms with Crippen LogP contribution in [0.1, 0.15) is 11.4 Å². The third kappa shape index (κ3) is 2.21. The van der Waals surface area contributed by atoms with Crippen LogP contribution in [0.25, 0.3) is 0 Å². The Morgan fingerprint density at radius 1 is 1.47 bits per heavy atom. The van der Waals surface area contributed by atoms with Gasteiger partial charge < -0.3 is 5.43 Å². The molecule has 0 atom stereocenters. The van der Waals surface area contributed by atoms with E-state index in [1.807, 2.05) is 19.1 Å². The predicted octanol–water partition coefficient (Wildman–Crippen LogP) is 1.39. The van der Waals surface area contributed by atoms with E-state index < -0.39 is 0 Å². The number of hydrogen-bond acceptors (Lipinski definition) is 4. The van der Waals surface area contributed by atoms with Gasteiger partial charge in [-0.2, -0.15) is 5.10 Å². The Kier molecular flexibility index (Phi) is 2.77. The van der Waals surface area contributed by atoms with Gasteiger partial charge in [0.25, 0.3) is 0 Å². The Balaban J connectivity index is 2.09. The average molecular weight is 221 g/mol. The molecule has 15 heavy (non-hydrogen) atoms. The molecular formula is C9H11N5S. The summed E-state index contributed by atoms with van der Waals surface area (Å²) in [5.41, 5.74) is 4.31. The first kappa shape index (κ1) is 9.85. The minimum absolute atomic E-state index is 0.571. The van der Waals surface area contributed by atoms with Gasteiger partial charge in [-0.3, -0.25) is 10.1 Å². The van der Waals surface area contributed by atoms with Gasteiger partial charge in [0.05, 0.1) is 6.54 Å². The van der Waals surface area contributed by atoms with E-state index in [1.54, 1.807) is 17.1 Å². The maximum atomic E-state index is 5.06. The Labute approximate surface area is 92.1 Å². The van der Waals surface area contributed by atoms with Gasteiger partial charge in [-0.1, -0.05) is 0 Å². The van der Waals surface area contributed by atoms with Crippen LogP contribution in [0.4, 0.5) is 0 Å². The van der Waals surface area contributed by atoms with E-state index in [0.29, 0.717) is 11.3 Å². The number of hydrogen-bond donors (Lipinski definition) is 2. The molecule has 0 spiro atoms. The molecule has 0 saturated carbocycles. The molecule has 6 heteroatoms. The minimum Gasteiger partial charge on any atom is -0.318 e. The normalized spacial score (nSPS) is 10.2. The van der Waals surface area contributed by atoms with Crippen molar-refractivity contribution in [3.8, 4) is 0 Å². The van der Waals surface area contributed by atoms with E-state index in [4.69, 9.17) is 12.2 Å². The smallest absolute Gasteiger partial charge is 0.214 e. The second-order valence-electron chi connectivity index (χ2n) is 3.10. The highest BCUT2D eigenvalue weighted by atomic mass is 32.1. The second kappa shape index (κ2) is 4.22. The van der Waals surface area contributed by atoms with E-state index in [9.17, 15) is 0 Å². The van der Waals surface area contributed by atoms with Gasteiger partial charge in [0.1, 0.15) is 5.82 Å². The highest BCUT2D eigenvalue weighted by Gasteiger charge is 1.99. The zero-order chi connectivity index (χ0) is 10.7. The van der Waals surface area contributed by atoms with Crippen LogP contribution in [0.2, 0.25) is 0 Å². The van der Waals surface area contributed by atoms with E-state index in [2.05, 4.69) is 20.6 Å². The Morgan fingerprint density at radius 3 is 2.80 bits per heavy atom. The summed E-state index contributed by atoms with van der Waals surface area (Å²) in [7, 11) is 0. The van der Waals surface area contributed by atoms with Crippen LogP contribution in [-0.4, -0.2) is 19.9 Å². The highest BCUT2D eigenvalue weighted by molar-refractivity contribution is 7.71. The maximum absolute atomic E-state index is 5.06. The maximum Gasteiger partial charge on any atom is 0.214 e. The standard InChI is InChI=1S/C9H11N5S/c1-7-12-13-9(15)14(7)11-6-8-2-4-10-5-3-8/h2-5,11H,6H2,1H3,(H,13,15). The summed E-state index contributed by atoms with van der Waals surface area (Å²) in [4.78, 5) is 3.95. The first-order valence-electron chi connectivity index (χ1n) is 4.54. The fraction of sp³-hybridized carbons (Fsp3) is 0.222. The molecule has 0 unspecified atom stereocenters. The molecule has 2 heterocycles. The fourth-order valence-electron chi connectivity index (χ4n) is 1.23. The van der Waals surface area contributed by atoms with Gasteiger partial charge in [0.2, 0.25) is 4.77 Å². The van der Waals surface area contributed by atoms with Crippen LogP contribution in [0.15, 0.2) is 24.5 Å². The molecule has 2 rings (SSSR count). The number of aromatic amines is 1. The third-order valence-electron chi connectivity index (χ3n) is 2.03. The quantitative estimate of drug-likeness (QED) is 0.769. The first-order valence-corrected chi connectivity index (χ1v) is 4.95. The summed E-state index contributed by atoms with van der Waals surface area (Å²) >= 11 is 5.06. The van der Waals surface area contributed by atoms with E-state index in [-0.39, 0.29) is 0 Å². The third-order valence-corrected chi connectivity index (χ3v) is 2.30. The zero-order valence-electron chi connectivity index (χ0n) is 8.27.